The van der Waals surface area contributed by atoms with E-state index in [4.69, 9.17) is 19.9 Å². The van der Waals surface area contributed by atoms with Crippen molar-refractivity contribution in [1.29, 1.82) is 0 Å². The number of piperidine rings is 1. The zero-order valence-corrected chi connectivity index (χ0v) is 45.2. The molecule has 1 atom stereocenters. The SMILES string of the molecule is COc1cc(CN2CCN(C3CC4(CCN(c5ccc(C(=O)NSc6cc(N)c(NC[C@H]7CC[C@](C)(O)CC7)c7nccn67)c(Oc6cc7c(nc6OC)CC=C7F)c5)CC4)C3)C(c3ccccc3C(C)C)C2)ccn1. The van der Waals surface area contributed by atoms with Crippen molar-refractivity contribution in [3.63, 3.8) is 0 Å². The zero-order chi connectivity index (χ0) is 52.7. The smallest absolute Gasteiger partial charge is 0.265 e. The first kappa shape index (κ1) is 51.7. The fourth-order valence-corrected chi connectivity index (χ4v) is 13.3. The lowest BCUT2D eigenvalue weighted by Crippen LogP contribution is -2.60. The maximum Gasteiger partial charge on any atom is 0.265 e. The number of piperazine rings is 1. The van der Waals surface area contributed by atoms with Crippen LogP contribution in [0.3, 0.4) is 0 Å². The zero-order valence-electron chi connectivity index (χ0n) is 44.4. The number of hydrogen-bond acceptors (Lipinski definition) is 14. The van der Waals surface area contributed by atoms with E-state index in [1.807, 2.05) is 41.9 Å². The number of halogens is 1. The third-order valence-electron chi connectivity index (χ3n) is 16.9. The number of nitrogens with zero attached hydrogens (tertiary/aromatic N) is 7. The highest BCUT2D eigenvalue weighted by atomic mass is 32.2. The number of pyridine rings is 3. The molecule has 4 aromatic heterocycles. The Morgan fingerprint density at radius 1 is 0.947 bits per heavy atom. The van der Waals surface area contributed by atoms with E-state index in [1.54, 1.807) is 25.4 Å². The predicted octanol–water partition coefficient (Wildman–Crippen LogP) is 10.6. The summed E-state index contributed by atoms with van der Waals surface area (Å²) in [4.78, 5) is 35.8. The number of nitrogens with one attached hydrogen (secondary N) is 2. The van der Waals surface area contributed by atoms with Crippen molar-refractivity contribution in [1.82, 2.24) is 33.9 Å². The quantitative estimate of drug-likeness (QED) is 0.0676. The third-order valence-corrected chi connectivity index (χ3v) is 17.8. The van der Waals surface area contributed by atoms with Crippen LogP contribution in [-0.4, -0.2) is 105 Å². The van der Waals surface area contributed by atoms with E-state index < -0.39 is 11.5 Å². The Labute approximate surface area is 449 Å². The summed E-state index contributed by atoms with van der Waals surface area (Å²) in [6.45, 7) is 12.8. The number of anilines is 3. The number of fused-ring (bicyclic) bond motifs is 2. The molecule has 76 heavy (non-hydrogen) atoms. The van der Waals surface area contributed by atoms with Gasteiger partial charge in [0.2, 0.25) is 5.88 Å². The summed E-state index contributed by atoms with van der Waals surface area (Å²) >= 11 is 1.13. The number of benzene rings is 2. The molecule has 0 radical (unpaired) electrons. The van der Waals surface area contributed by atoms with Crippen molar-refractivity contribution >= 4 is 46.4 Å². The van der Waals surface area contributed by atoms with E-state index >= 15 is 4.39 Å². The molecular formula is C59H71FN10O5S. The Hall–Kier alpha value is -6.40. The molecule has 400 valence electrons. The Morgan fingerprint density at radius 3 is 2.53 bits per heavy atom. The van der Waals surface area contributed by atoms with E-state index in [9.17, 15) is 9.90 Å². The highest BCUT2D eigenvalue weighted by molar-refractivity contribution is 7.97. The molecule has 11 rings (SSSR count). The molecule has 5 N–H and O–H groups in total. The molecule has 6 heterocycles. The molecule has 3 aliphatic carbocycles. The molecule has 6 aromatic rings. The van der Waals surface area contributed by atoms with E-state index in [-0.39, 0.29) is 22.9 Å². The molecule has 2 saturated heterocycles. The second-order valence-corrected chi connectivity index (χ2v) is 23.2. The molecule has 2 aromatic carbocycles. The van der Waals surface area contributed by atoms with Gasteiger partial charge in [0.05, 0.1) is 36.8 Å². The fraction of sp³-hybridized carbons (Fsp3) is 0.458. The van der Waals surface area contributed by atoms with Gasteiger partial charge in [0.1, 0.15) is 22.3 Å². The van der Waals surface area contributed by atoms with Crippen LogP contribution in [0.1, 0.15) is 122 Å². The summed E-state index contributed by atoms with van der Waals surface area (Å²) in [6, 6.07) is 23.2. The monoisotopic (exact) mass is 1050 g/mol. The average molecular weight is 1050 g/mol. The Bertz CT molecular complexity index is 3120. The van der Waals surface area contributed by atoms with E-state index in [0.29, 0.717) is 75.2 Å². The fourth-order valence-electron chi connectivity index (χ4n) is 12.5. The van der Waals surface area contributed by atoms with E-state index in [1.165, 1.54) is 42.7 Å². The molecule has 2 aliphatic heterocycles. The van der Waals surface area contributed by atoms with Gasteiger partial charge in [0.25, 0.3) is 11.8 Å². The number of nitrogens with two attached hydrogens (primary N) is 1. The summed E-state index contributed by atoms with van der Waals surface area (Å²) in [5.74, 6) is 1.45. The van der Waals surface area contributed by atoms with Crippen molar-refractivity contribution in [3.05, 3.63) is 125 Å². The maximum absolute atomic E-state index is 15.0. The summed E-state index contributed by atoms with van der Waals surface area (Å²) < 4.78 is 37.7. The van der Waals surface area contributed by atoms with E-state index in [0.717, 1.165) is 108 Å². The molecule has 2 saturated carbocycles. The first-order valence-electron chi connectivity index (χ1n) is 27.0. The summed E-state index contributed by atoms with van der Waals surface area (Å²) in [6.07, 6.45) is 15.1. The summed E-state index contributed by atoms with van der Waals surface area (Å²) in [5.41, 5.74) is 14.5. The van der Waals surface area contributed by atoms with Crippen LogP contribution in [0.2, 0.25) is 0 Å². The first-order valence-corrected chi connectivity index (χ1v) is 27.8. The summed E-state index contributed by atoms with van der Waals surface area (Å²) in [7, 11) is 3.18. The van der Waals surface area contributed by atoms with Crippen LogP contribution in [-0.2, 0) is 13.0 Å². The number of nitrogen functional groups attached to an aromatic ring is 1. The van der Waals surface area contributed by atoms with Crippen LogP contribution >= 0.6 is 11.9 Å². The molecule has 15 nitrogen and oxygen atoms in total. The number of carbonyl (C=O) groups is 1. The standard InChI is InChI=1S/C59H71FN10O5S/c1-37(2)42-8-6-7-9-43(42)49-36-67(35-39-16-21-62-52(28-39)73-4)26-27-69(49)41-32-59(33-41)19-23-68(24-20-59)40-10-11-44(50(29-40)75-51-30-45-46(60)12-13-48(45)65-57(51)74-5)56(71)66-76-53-31-47(61)54(55-63-22-25-70(53)55)64-34-38-14-17-58(3,72)18-15-38/h6-12,16,21-22,25,28-31,37-38,41,49,64,72H,13-15,17-20,23-24,26-27,32-36,61H2,1-5H3,(H,66,71)/t38-,49?,58-. The highest BCUT2D eigenvalue weighted by Gasteiger charge is 2.50. The number of aromatic nitrogens is 4. The van der Waals surface area contributed by atoms with Gasteiger partial charge in [0.15, 0.2) is 11.4 Å². The minimum absolute atomic E-state index is 0.209. The van der Waals surface area contributed by atoms with Crippen LogP contribution < -0.4 is 34.9 Å². The van der Waals surface area contributed by atoms with Gasteiger partial charge in [-0.15, -0.1) is 0 Å². The van der Waals surface area contributed by atoms with E-state index in [2.05, 4.69) is 89.9 Å². The van der Waals surface area contributed by atoms with Crippen LogP contribution in [0.4, 0.5) is 21.5 Å². The normalized spacial score (nSPS) is 21.8. The minimum Gasteiger partial charge on any atom is -0.481 e. The Balaban J connectivity index is 0.792. The lowest BCUT2D eigenvalue weighted by Gasteiger charge is -2.58. The number of rotatable bonds is 16. The second kappa shape index (κ2) is 21.6. The largest absolute Gasteiger partial charge is 0.481 e. The van der Waals surface area contributed by atoms with Gasteiger partial charge in [-0.2, -0.15) is 0 Å². The molecule has 17 heteroatoms. The first-order chi connectivity index (χ1) is 36.8. The maximum atomic E-state index is 15.0. The van der Waals surface area contributed by atoms with Gasteiger partial charge in [-0.25, -0.2) is 19.3 Å². The molecule has 0 bridgehead atoms. The van der Waals surface area contributed by atoms with Gasteiger partial charge in [-0.05, 0) is 129 Å². The lowest BCUT2D eigenvalue weighted by molar-refractivity contribution is -0.0628. The summed E-state index contributed by atoms with van der Waals surface area (Å²) in [5, 5.41) is 14.7. The number of ether oxygens (including phenoxy) is 3. The number of hydrogen-bond donors (Lipinski definition) is 4. The molecule has 1 spiro atoms. The van der Waals surface area contributed by atoms with Crippen molar-refractivity contribution < 1.29 is 28.5 Å². The minimum atomic E-state index is -0.603. The number of carbonyl (C=O) groups excluding carboxylic acids is 1. The van der Waals surface area contributed by atoms with Crippen LogP contribution in [0, 0.1) is 11.3 Å². The molecule has 5 aliphatic rings. The topological polar surface area (TPSA) is 168 Å². The van der Waals surface area contributed by atoms with Gasteiger partial charge >= 0.3 is 0 Å². The van der Waals surface area contributed by atoms with Crippen LogP contribution in [0.5, 0.6) is 23.3 Å². The van der Waals surface area contributed by atoms with Crippen LogP contribution in [0.25, 0.3) is 11.5 Å². The van der Waals surface area contributed by atoms with Crippen molar-refractivity contribution in [2.24, 2.45) is 11.3 Å². The second-order valence-electron chi connectivity index (χ2n) is 22.3. The van der Waals surface area contributed by atoms with Gasteiger partial charge in [-0.1, -0.05) is 38.1 Å². The number of allylic oxidation sites excluding steroid dienone is 1. The van der Waals surface area contributed by atoms with Crippen molar-refractivity contribution in [3.8, 4) is 23.3 Å². The predicted molar refractivity (Wildman–Crippen MR) is 297 cm³/mol. The van der Waals surface area contributed by atoms with Gasteiger partial charge in [-0.3, -0.25) is 23.7 Å². The number of methoxy groups -OCH3 is 2. The Kier molecular flexibility index (Phi) is 14.7. The van der Waals surface area contributed by atoms with Crippen LogP contribution in [0.15, 0.2) is 96.4 Å². The molecule has 4 fully saturated rings. The number of aliphatic hydroxyl groups is 1. The average Bonchev–Trinajstić information content (AvgIpc) is 4.06. The molecule has 1 amide bonds. The van der Waals surface area contributed by atoms with Gasteiger partial charge < -0.3 is 35.3 Å². The Morgan fingerprint density at radius 2 is 1.75 bits per heavy atom. The molecule has 1 unspecified atom stereocenters. The highest BCUT2D eigenvalue weighted by Crippen LogP contribution is 2.54. The number of imidazole rings is 1. The number of amides is 1. The van der Waals surface area contributed by atoms with Gasteiger partial charge in [0, 0.05) is 118 Å². The van der Waals surface area contributed by atoms with Crippen molar-refractivity contribution in [2.75, 3.05) is 69.4 Å². The molecular weight excluding hydrogens is 980 g/mol. The van der Waals surface area contributed by atoms with Crippen molar-refractivity contribution in [2.45, 2.75) is 114 Å². The lowest BCUT2D eigenvalue weighted by atomic mass is 9.59. The third kappa shape index (κ3) is 10.7.